The fourth-order valence-corrected chi connectivity index (χ4v) is 4.31. The Kier molecular flexibility index (Phi) is 5.93. The topological polar surface area (TPSA) is 71.1 Å². The molecule has 0 fully saturated rings. The van der Waals surface area contributed by atoms with Crippen molar-refractivity contribution < 1.29 is 9.59 Å². The molecule has 2 heterocycles. The Morgan fingerprint density at radius 1 is 1.19 bits per heavy atom. The van der Waals surface area contributed by atoms with Crippen LogP contribution < -0.4 is 10.6 Å². The number of carbonyl (C=O) groups is 2. The van der Waals surface area contributed by atoms with Gasteiger partial charge in [-0.25, -0.2) is 4.98 Å². The third kappa shape index (κ3) is 4.42. The number of hydrogen-bond acceptors (Lipinski definition) is 5. The molecule has 0 saturated carbocycles. The molecule has 0 aliphatic rings. The molecule has 0 aliphatic heterocycles. The second-order valence-electron chi connectivity index (χ2n) is 5.21. The number of benzene rings is 1. The molecule has 3 aromatic rings. The molecule has 3 rings (SSSR count). The molecule has 0 bridgehead atoms. The van der Waals surface area contributed by atoms with Gasteiger partial charge in [0.05, 0.1) is 10.0 Å². The van der Waals surface area contributed by atoms with Crippen LogP contribution in [0.5, 0.6) is 0 Å². The molecular formula is C17H13Cl2N3O2S2. The first-order valence-corrected chi connectivity index (χ1v) is 10.0. The molecule has 9 heteroatoms. The standard InChI is InChI=1S/C17H13Cl2N3O2S2/c1-2-14(23)20-10-5-3-4-9(6-10)16(24)22-17-21-12(8-25-17)11-7-13(18)26-15(11)19/h3-8H,2H2,1H3,(H,20,23)(H,21,22,24). The fraction of sp³-hybridized carbons (Fsp3) is 0.118. The number of hydrogen-bond donors (Lipinski definition) is 2. The molecule has 0 spiro atoms. The maximum absolute atomic E-state index is 12.4. The quantitative estimate of drug-likeness (QED) is 0.543. The number of anilines is 2. The van der Waals surface area contributed by atoms with E-state index in [0.717, 1.165) is 5.56 Å². The van der Waals surface area contributed by atoms with Crippen LogP contribution in [0, 0.1) is 0 Å². The number of rotatable bonds is 5. The predicted molar refractivity (Wildman–Crippen MR) is 109 cm³/mol. The van der Waals surface area contributed by atoms with Crippen LogP contribution in [0.15, 0.2) is 35.7 Å². The van der Waals surface area contributed by atoms with Crippen molar-refractivity contribution in [3.8, 4) is 11.3 Å². The van der Waals surface area contributed by atoms with Crippen LogP contribution >= 0.6 is 45.9 Å². The van der Waals surface area contributed by atoms with Gasteiger partial charge in [-0.05, 0) is 24.3 Å². The SMILES string of the molecule is CCC(=O)Nc1cccc(C(=O)Nc2nc(-c3cc(Cl)sc3Cl)cs2)c1. The van der Waals surface area contributed by atoms with E-state index >= 15 is 0 Å². The smallest absolute Gasteiger partial charge is 0.257 e. The Bertz CT molecular complexity index is 969. The summed E-state index contributed by atoms with van der Waals surface area (Å²) >= 11 is 14.7. The Hall–Kier alpha value is -1.93. The Morgan fingerprint density at radius 2 is 2.00 bits per heavy atom. The van der Waals surface area contributed by atoms with E-state index in [0.29, 0.717) is 37.2 Å². The van der Waals surface area contributed by atoms with E-state index in [1.54, 1.807) is 42.6 Å². The fourth-order valence-electron chi connectivity index (χ4n) is 2.13. The van der Waals surface area contributed by atoms with Gasteiger partial charge in [-0.3, -0.25) is 14.9 Å². The van der Waals surface area contributed by atoms with Crippen LogP contribution in [-0.4, -0.2) is 16.8 Å². The average molecular weight is 426 g/mol. The second kappa shape index (κ2) is 8.18. The van der Waals surface area contributed by atoms with Gasteiger partial charge in [-0.15, -0.1) is 22.7 Å². The van der Waals surface area contributed by atoms with Crippen LogP contribution in [0.2, 0.25) is 8.67 Å². The molecule has 134 valence electrons. The van der Waals surface area contributed by atoms with Crippen LogP contribution in [0.1, 0.15) is 23.7 Å². The van der Waals surface area contributed by atoms with E-state index in [1.165, 1.54) is 22.7 Å². The zero-order chi connectivity index (χ0) is 18.7. The molecule has 0 saturated heterocycles. The van der Waals surface area contributed by atoms with Crippen molar-refractivity contribution in [1.82, 2.24) is 4.98 Å². The maximum atomic E-state index is 12.4. The van der Waals surface area contributed by atoms with E-state index in [2.05, 4.69) is 15.6 Å². The maximum Gasteiger partial charge on any atom is 0.257 e. The lowest BCUT2D eigenvalue weighted by Crippen LogP contribution is -2.13. The van der Waals surface area contributed by atoms with Gasteiger partial charge in [0.15, 0.2) is 5.13 Å². The van der Waals surface area contributed by atoms with Gasteiger partial charge in [0.1, 0.15) is 4.34 Å². The molecule has 2 N–H and O–H groups in total. The lowest BCUT2D eigenvalue weighted by molar-refractivity contribution is -0.115. The number of amides is 2. The Labute approximate surface area is 168 Å². The molecule has 0 unspecified atom stereocenters. The summed E-state index contributed by atoms with van der Waals surface area (Å²) in [5, 5.41) is 7.73. The lowest BCUT2D eigenvalue weighted by Gasteiger charge is -2.06. The van der Waals surface area contributed by atoms with Gasteiger partial charge in [-0.1, -0.05) is 36.2 Å². The Morgan fingerprint density at radius 3 is 2.69 bits per heavy atom. The molecule has 0 radical (unpaired) electrons. The minimum atomic E-state index is -0.312. The van der Waals surface area contributed by atoms with Gasteiger partial charge in [-0.2, -0.15) is 0 Å². The summed E-state index contributed by atoms with van der Waals surface area (Å²) in [6.07, 6.45) is 0.369. The summed E-state index contributed by atoms with van der Waals surface area (Å²) in [5.74, 6) is -0.425. The van der Waals surface area contributed by atoms with Crippen molar-refractivity contribution >= 4 is 68.5 Å². The highest BCUT2D eigenvalue weighted by molar-refractivity contribution is 7.20. The monoisotopic (exact) mass is 425 g/mol. The van der Waals surface area contributed by atoms with Crippen molar-refractivity contribution in [2.24, 2.45) is 0 Å². The van der Waals surface area contributed by atoms with Gasteiger partial charge in [0, 0.05) is 28.6 Å². The molecule has 2 amide bonds. The molecule has 1 aromatic carbocycles. The van der Waals surface area contributed by atoms with Gasteiger partial charge in [0.2, 0.25) is 5.91 Å². The summed E-state index contributed by atoms with van der Waals surface area (Å²) in [6.45, 7) is 1.76. The van der Waals surface area contributed by atoms with Crippen molar-refractivity contribution in [2.45, 2.75) is 13.3 Å². The highest BCUT2D eigenvalue weighted by Gasteiger charge is 2.14. The summed E-state index contributed by atoms with van der Waals surface area (Å²) in [7, 11) is 0. The number of aromatic nitrogens is 1. The van der Waals surface area contributed by atoms with Gasteiger partial charge >= 0.3 is 0 Å². The number of carbonyl (C=O) groups excluding carboxylic acids is 2. The van der Waals surface area contributed by atoms with Crippen molar-refractivity contribution in [1.29, 1.82) is 0 Å². The third-order valence-corrected chi connectivity index (χ3v) is 5.63. The zero-order valence-electron chi connectivity index (χ0n) is 13.5. The van der Waals surface area contributed by atoms with Gasteiger partial charge in [0.25, 0.3) is 5.91 Å². The minimum Gasteiger partial charge on any atom is -0.326 e. The number of nitrogens with zero attached hydrogens (tertiary/aromatic N) is 1. The summed E-state index contributed by atoms with van der Waals surface area (Å²) in [4.78, 5) is 28.3. The zero-order valence-corrected chi connectivity index (χ0v) is 16.7. The van der Waals surface area contributed by atoms with Crippen molar-refractivity contribution in [3.05, 3.63) is 49.9 Å². The molecule has 26 heavy (non-hydrogen) atoms. The Balaban J connectivity index is 1.74. The number of halogens is 2. The van der Waals surface area contributed by atoms with Crippen LogP contribution in [0.3, 0.4) is 0 Å². The first-order valence-electron chi connectivity index (χ1n) is 7.58. The van der Waals surface area contributed by atoms with Crippen LogP contribution in [0.25, 0.3) is 11.3 Å². The third-order valence-electron chi connectivity index (χ3n) is 3.39. The second-order valence-corrected chi connectivity index (χ2v) is 8.36. The normalized spacial score (nSPS) is 10.6. The highest BCUT2D eigenvalue weighted by atomic mass is 35.5. The molecule has 2 aromatic heterocycles. The van der Waals surface area contributed by atoms with Crippen molar-refractivity contribution in [2.75, 3.05) is 10.6 Å². The van der Waals surface area contributed by atoms with E-state index in [4.69, 9.17) is 23.2 Å². The van der Waals surface area contributed by atoms with Gasteiger partial charge < -0.3 is 5.32 Å². The van der Waals surface area contributed by atoms with Crippen molar-refractivity contribution in [3.63, 3.8) is 0 Å². The van der Waals surface area contributed by atoms with E-state index in [-0.39, 0.29) is 11.8 Å². The predicted octanol–water partition coefficient (Wildman–Crippen LogP) is 5.78. The van der Waals surface area contributed by atoms with Crippen LogP contribution in [-0.2, 0) is 4.79 Å². The highest BCUT2D eigenvalue weighted by Crippen LogP contribution is 2.39. The summed E-state index contributed by atoms with van der Waals surface area (Å²) in [5.41, 5.74) is 2.39. The first kappa shape index (κ1) is 18.8. The lowest BCUT2D eigenvalue weighted by atomic mass is 10.2. The molecular weight excluding hydrogens is 413 g/mol. The number of thiophene rings is 1. The van der Waals surface area contributed by atoms with E-state index < -0.39 is 0 Å². The number of nitrogens with one attached hydrogen (secondary N) is 2. The molecule has 0 atom stereocenters. The van der Waals surface area contributed by atoms with E-state index in [1.807, 2.05) is 0 Å². The largest absolute Gasteiger partial charge is 0.326 e. The van der Waals surface area contributed by atoms with E-state index in [9.17, 15) is 9.59 Å². The molecule has 5 nitrogen and oxygen atoms in total. The van der Waals surface area contributed by atoms with Crippen LogP contribution in [0.4, 0.5) is 10.8 Å². The molecule has 0 aliphatic carbocycles. The average Bonchev–Trinajstić information content (AvgIpc) is 3.20. The number of thiazole rings is 1. The first-order chi connectivity index (χ1) is 12.5. The summed E-state index contributed by atoms with van der Waals surface area (Å²) < 4.78 is 1.13. The minimum absolute atomic E-state index is 0.113. The summed E-state index contributed by atoms with van der Waals surface area (Å²) in [6, 6.07) is 8.47.